The number of amides is 2. The van der Waals surface area contributed by atoms with Crippen molar-refractivity contribution in [2.45, 2.75) is 25.9 Å². The molecule has 1 fully saturated rings. The maximum atomic E-state index is 13.2. The Kier molecular flexibility index (Phi) is 6.43. The molecule has 3 aromatic rings. The average molecular weight is 419 g/mol. The molecular formula is C24H25N3O4. The number of hydrogen-bond acceptors (Lipinski definition) is 5. The van der Waals surface area contributed by atoms with Gasteiger partial charge in [-0.3, -0.25) is 9.59 Å². The summed E-state index contributed by atoms with van der Waals surface area (Å²) in [5.74, 6) is 0.391. The number of aromatic nitrogens is 1. The van der Waals surface area contributed by atoms with Gasteiger partial charge >= 0.3 is 0 Å². The van der Waals surface area contributed by atoms with Gasteiger partial charge in [-0.2, -0.15) is 0 Å². The molecule has 1 N–H and O–H groups in total. The van der Waals surface area contributed by atoms with Gasteiger partial charge in [-0.25, -0.2) is 0 Å². The standard InChI is InChI=1S/C24H25N3O4/c1-17-14-22(26-31-17)25-23(28)16-27(15-21-8-5-13-30-21)24(29)20-11-9-19(10-12-20)18-6-3-2-4-7-18/h2-4,6-7,9-12,14,21H,5,8,13,15-16H2,1H3,(H,25,26,28)/t21-/m0/s1. The van der Waals surface area contributed by atoms with Crippen LogP contribution in [0.3, 0.4) is 0 Å². The van der Waals surface area contributed by atoms with E-state index in [-0.39, 0.29) is 24.5 Å². The lowest BCUT2D eigenvalue weighted by atomic mass is 10.0. The van der Waals surface area contributed by atoms with E-state index in [4.69, 9.17) is 9.26 Å². The fourth-order valence-corrected chi connectivity index (χ4v) is 3.65. The van der Waals surface area contributed by atoms with Gasteiger partial charge in [0.05, 0.1) is 6.10 Å². The van der Waals surface area contributed by atoms with Crippen molar-refractivity contribution in [2.75, 3.05) is 25.0 Å². The highest BCUT2D eigenvalue weighted by Crippen LogP contribution is 2.21. The van der Waals surface area contributed by atoms with Gasteiger partial charge in [0.15, 0.2) is 5.82 Å². The number of aryl methyl sites for hydroxylation is 1. The Morgan fingerprint density at radius 2 is 1.84 bits per heavy atom. The van der Waals surface area contributed by atoms with Crippen LogP contribution in [0.5, 0.6) is 0 Å². The second-order valence-corrected chi connectivity index (χ2v) is 7.64. The maximum Gasteiger partial charge on any atom is 0.254 e. The molecule has 1 saturated heterocycles. The van der Waals surface area contributed by atoms with Crippen molar-refractivity contribution in [3.8, 4) is 11.1 Å². The Labute approximate surface area is 181 Å². The number of anilines is 1. The number of nitrogens with one attached hydrogen (secondary N) is 1. The fraction of sp³-hybridized carbons (Fsp3) is 0.292. The van der Waals surface area contributed by atoms with E-state index in [2.05, 4.69) is 10.5 Å². The molecule has 160 valence electrons. The van der Waals surface area contributed by atoms with Crippen molar-refractivity contribution in [1.82, 2.24) is 10.1 Å². The number of rotatable bonds is 7. The van der Waals surface area contributed by atoms with Crippen LogP contribution in [0.2, 0.25) is 0 Å². The molecule has 1 aliphatic rings. The van der Waals surface area contributed by atoms with E-state index in [0.717, 1.165) is 24.0 Å². The first kappa shape index (κ1) is 20.8. The molecular weight excluding hydrogens is 394 g/mol. The molecule has 2 heterocycles. The monoisotopic (exact) mass is 419 g/mol. The summed E-state index contributed by atoms with van der Waals surface area (Å²) in [6.45, 7) is 2.70. The summed E-state index contributed by atoms with van der Waals surface area (Å²) in [7, 11) is 0. The van der Waals surface area contributed by atoms with E-state index in [1.807, 2.05) is 42.5 Å². The van der Waals surface area contributed by atoms with Crippen molar-refractivity contribution in [3.05, 3.63) is 72.0 Å². The Balaban J connectivity index is 1.48. The fourth-order valence-electron chi connectivity index (χ4n) is 3.65. The quantitative estimate of drug-likeness (QED) is 0.628. The molecule has 1 aromatic heterocycles. The number of ether oxygens (including phenoxy) is 1. The van der Waals surface area contributed by atoms with Crippen LogP contribution in [0.15, 0.2) is 65.2 Å². The Hall–Kier alpha value is -3.45. The molecule has 0 unspecified atom stereocenters. The predicted molar refractivity (Wildman–Crippen MR) is 117 cm³/mol. The lowest BCUT2D eigenvalue weighted by Gasteiger charge is -2.25. The number of carbonyl (C=O) groups is 2. The zero-order chi connectivity index (χ0) is 21.6. The number of hydrogen-bond donors (Lipinski definition) is 1. The summed E-state index contributed by atoms with van der Waals surface area (Å²) < 4.78 is 10.7. The summed E-state index contributed by atoms with van der Waals surface area (Å²) >= 11 is 0. The van der Waals surface area contributed by atoms with Gasteiger partial charge in [-0.1, -0.05) is 47.6 Å². The molecule has 0 bridgehead atoms. The van der Waals surface area contributed by atoms with Crippen LogP contribution in [0.4, 0.5) is 5.82 Å². The highest BCUT2D eigenvalue weighted by molar-refractivity contribution is 5.99. The third-order valence-electron chi connectivity index (χ3n) is 5.20. The van der Waals surface area contributed by atoms with E-state index >= 15 is 0 Å². The minimum Gasteiger partial charge on any atom is -0.376 e. The van der Waals surface area contributed by atoms with Gasteiger partial charge < -0.3 is 19.5 Å². The van der Waals surface area contributed by atoms with E-state index in [1.54, 1.807) is 25.1 Å². The number of nitrogens with zero attached hydrogens (tertiary/aromatic N) is 2. The molecule has 1 atom stereocenters. The second kappa shape index (κ2) is 9.57. The molecule has 7 heteroatoms. The van der Waals surface area contributed by atoms with Crippen LogP contribution in [0, 0.1) is 6.92 Å². The predicted octanol–water partition coefficient (Wildman–Crippen LogP) is 3.91. The lowest BCUT2D eigenvalue weighted by molar-refractivity contribution is -0.117. The second-order valence-electron chi connectivity index (χ2n) is 7.64. The van der Waals surface area contributed by atoms with Gasteiger partial charge in [-0.15, -0.1) is 0 Å². The first-order valence-corrected chi connectivity index (χ1v) is 10.4. The molecule has 31 heavy (non-hydrogen) atoms. The summed E-state index contributed by atoms with van der Waals surface area (Å²) in [6.07, 6.45) is 1.78. The Bertz CT molecular complexity index is 1020. The average Bonchev–Trinajstić information content (AvgIpc) is 3.45. The van der Waals surface area contributed by atoms with Gasteiger partial charge in [0.2, 0.25) is 5.91 Å². The first-order chi connectivity index (χ1) is 15.1. The number of benzene rings is 2. The van der Waals surface area contributed by atoms with E-state index in [0.29, 0.717) is 30.3 Å². The van der Waals surface area contributed by atoms with Gasteiger partial charge in [0.25, 0.3) is 5.91 Å². The van der Waals surface area contributed by atoms with Crippen LogP contribution < -0.4 is 5.32 Å². The first-order valence-electron chi connectivity index (χ1n) is 10.4. The summed E-state index contributed by atoms with van der Waals surface area (Å²) in [5, 5.41) is 6.45. The molecule has 2 amide bonds. The van der Waals surface area contributed by atoms with Crippen molar-refractivity contribution < 1.29 is 18.8 Å². The zero-order valence-electron chi connectivity index (χ0n) is 17.4. The Morgan fingerprint density at radius 1 is 1.10 bits per heavy atom. The summed E-state index contributed by atoms with van der Waals surface area (Å²) in [6, 6.07) is 19.0. The SMILES string of the molecule is Cc1cc(NC(=O)CN(C[C@@H]2CCCO2)C(=O)c2ccc(-c3ccccc3)cc2)no1. The van der Waals surface area contributed by atoms with Crippen LogP contribution in [-0.2, 0) is 9.53 Å². The van der Waals surface area contributed by atoms with E-state index in [1.165, 1.54) is 4.90 Å². The van der Waals surface area contributed by atoms with Gasteiger partial charge in [0, 0.05) is 24.8 Å². The zero-order valence-corrected chi connectivity index (χ0v) is 17.4. The van der Waals surface area contributed by atoms with Crippen LogP contribution in [-0.4, -0.2) is 47.7 Å². The molecule has 2 aromatic carbocycles. The number of carbonyl (C=O) groups excluding carboxylic acids is 2. The van der Waals surface area contributed by atoms with Crippen LogP contribution in [0.1, 0.15) is 29.0 Å². The van der Waals surface area contributed by atoms with Crippen molar-refractivity contribution in [3.63, 3.8) is 0 Å². The van der Waals surface area contributed by atoms with Gasteiger partial charge in [0.1, 0.15) is 12.3 Å². The topological polar surface area (TPSA) is 84.7 Å². The molecule has 0 aliphatic carbocycles. The van der Waals surface area contributed by atoms with Gasteiger partial charge in [-0.05, 0) is 43.0 Å². The van der Waals surface area contributed by atoms with Crippen molar-refractivity contribution >= 4 is 17.6 Å². The molecule has 0 spiro atoms. The van der Waals surface area contributed by atoms with Crippen LogP contribution in [0.25, 0.3) is 11.1 Å². The van der Waals surface area contributed by atoms with Crippen LogP contribution >= 0.6 is 0 Å². The summed E-state index contributed by atoms with van der Waals surface area (Å²) in [5.41, 5.74) is 2.64. The molecule has 0 radical (unpaired) electrons. The smallest absolute Gasteiger partial charge is 0.254 e. The molecule has 0 saturated carbocycles. The largest absolute Gasteiger partial charge is 0.376 e. The molecule has 4 rings (SSSR count). The third kappa shape index (κ3) is 5.38. The Morgan fingerprint density at radius 3 is 2.48 bits per heavy atom. The van der Waals surface area contributed by atoms with Crippen molar-refractivity contribution in [2.24, 2.45) is 0 Å². The van der Waals surface area contributed by atoms with E-state index in [9.17, 15) is 9.59 Å². The molecule has 1 aliphatic heterocycles. The lowest BCUT2D eigenvalue weighted by Crippen LogP contribution is -2.42. The van der Waals surface area contributed by atoms with E-state index < -0.39 is 0 Å². The minimum atomic E-state index is -0.333. The summed E-state index contributed by atoms with van der Waals surface area (Å²) in [4.78, 5) is 27.3. The maximum absolute atomic E-state index is 13.2. The minimum absolute atomic E-state index is 0.0605. The molecule has 7 nitrogen and oxygen atoms in total. The van der Waals surface area contributed by atoms with Crippen molar-refractivity contribution in [1.29, 1.82) is 0 Å². The third-order valence-corrected chi connectivity index (χ3v) is 5.20. The normalized spacial score (nSPS) is 15.6. The highest BCUT2D eigenvalue weighted by atomic mass is 16.5. The highest BCUT2D eigenvalue weighted by Gasteiger charge is 2.25.